The summed E-state index contributed by atoms with van der Waals surface area (Å²) in [5, 5.41) is 9.39. The zero-order valence-corrected chi connectivity index (χ0v) is 21.0. The molecule has 1 amide bonds. The van der Waals surface area contributed by atoms with Crippen molar-refractivity contribution >= 4 is 35.8 Å². The molecule has 0 bridgehead atoms. The van der Waals surface area contributed by atoms with Crippen LogP contribution in [0, 0.1) is 13.8 Å². The molecule has 0 unspecified atom stereocenters. The zero-order chi connectivity index (χ0) is 21.8. The molecule has 8 heteroatoms. The van der Waals surface area contributed by atoms with Crippen molar-refractivity contribution in [2.24, 2.45) is 4.99 Å². The molecule has 2 aromatic carbocycles. The summed E-state index contributed by atoms with van der Waals surface area (Å²) in [6.07, 6.45) is 0. The maximum Gasteiger partial charge on any atom is 0.251 e. The summed E-state index contributed by atoms with van der Waals surface area (Å²) in [7, 11) is 3.37. The summed E-state index contributed by atoms with van der Waals surface area (Å²) in [6.45, 7) is 6.66. The number of benzene rings is 2. The molecule has 2 rings (SSSR count). The van der Waals surface area contributed by atoms with Crippen molar-refractivity contribution in [3.63, 3.8) is 0 Å². The number of carbonyl (C=O) groups excluding carboxylic acids is 1. The Morgan fingerprint density at radius 1 is 0.968 bits per heavy atom. The van der Waals surface area contributed by atoms with E-state index < -0.39 is 0 Å². The van der Waals surface area contributed by atoms with Gasteiger partial charge >= 0.3 is 0 Å². The van der Waals surface area contributed by atoms with Gasteiger partial charge in [0.15, 0.2) is 5.96 Å². The van der Waals surface area contributed by atoms with Gasteiger partial charge in [-0.05, 0) is 37.6 Å². The number of hydrogen-bond acceptors (Lipinski definition) is 4. The SMILES string of the molecule is CN=C(NCCNC(=O)c1cccc(C)c1)NCc1ccc(C)cc1OCCOC.I. The number of aryl methyl sites for hydroxylation is 2. The van der Waals surface area contributed by atoms with Gasteiger partial charge in [-0.3, -0.25) is 9.79 Å². The molecule has 31 heavy (non-hydrogen) atoms. The number of methoxy groups -OCH3 is 1. The summed E-state index contributed by atoms with van der Waals surface area (Å²) in [5.74, 6) is 1.41. The number of hydrogen-bond donors (Lipinski definition) is 3. The molecular weight excluding hydrogens is 507 g/mol. The number of carbonyl (C=O) groups is 1. The van der Waals surface area contributed by atoms with Crippen molar-refractivity contribution in [2.75, 3.05) is 40.5 Å². The number of nitrogens with zero attached hydrogens (tertiary/aromatic N) is 1. The first kappa shape index (κ1) is 26.7. The van der Waals surface area contributed by atoms with Gasteiger partial charge in [0.1, 0.15) is 12.4 Å². The molecule has 0 saturated heterocycles. The van der Waals surface area contributed by atoms with Crippen LogP contribution in [-0.4, -0.2) is 52.3 Å². The van der Waals surface area contributed by atoms with E-state index >= 15 is 0 Å². The average Bonchev–Trinajstić information content (AvgIpc) is 2.74. The number of nitrogens with one attached hydrogen (secondary N) is 3. The predicted octanol–water partition coefficient (Wildman–Crippen LogP) is 3.04. The van der Waals surface area contributed by atoms with E-state index in [1.807, 2.05) is 50.2 Å². The van der Waals surface area contributed by atoms with Crippen LogP contribution >= 0.6 is 24.0 Å². The van der Waals surface area contributed by atoms with Crippen LogP contribution in [-0.2, 0) is 11.3 Å². The Morgan fingerprint density at radius 2 is 1.71 bits per heavy atom. The maximum absolute atomic E-state index is 12.2. The second-order valence-electron chi connectivity index (χ2n) is 6.93. The minimum atomic E-state index is -0.0825. The van der Waals surface area contributed by atoms with E-state index in [0.717, 1.165) is 22.4 Å². The fourth-order valence-corrected chi connectivity index (χ4v) is 2.82. The van der Waals surface area contributed by atoms with Crippen molar-refractivity contribution in [3.05, 3.63) is 64.7 Å². The zero-order valence-electron chi connectivity index (χ0n) is 18.7. The lowest BCUT2D eigenvalue weighted by Crippen LogP contribution is -2.41. The van der Waals surface area contributed by atoms with Gasteiger partial charge < -0.3 is 25.4 Å². The van der Waals surface area contributed by atoms with E-state index in [9.17, 15) is 4.79 Å². The lowest BCUT2D eigenvalue weighted by atomic mass is 10.1. The van der Waals surface area contributed by atoms with E-state index in [-0.39, 0.29) is 29.9 Å². The number of halogens is 1. The average molecular weight is 540 g/mol. The van der Waals surface area contributed by atoms with Gasteiger partial charge in [-0.1, -0.05) is 29.8 Å². The van der Waals surface area contributed by atoms with Crippen molar-refractivity contribution in [1.29, 1.82) is 0 Å². The third-order valence-electron chi connectivity index (χ3n) is 4.42. The lowest BCUT2D eigenvalue weighted by Gasteiger charge is -2.15. The van der Waals surface area contributed by atoms with Crippen LogP contribution in [0.3, 0.4) is 0 Å². The summed E-state index contributed by atoms with van der Waals surface area (Å²) in [5.41, 5.74) is 3.90. The lowest BCUT2D eigenvalue weighted by molar-refractivity contribution is 0.0954. The molecule has 0 spiro atoms. The Kier molecular flexibility index (Phi) is 12.6. The van der Waals surface area contributed by atoms with Crippen molar-refractivity contribution in [1.82, 2.24) is 16.0 Å². The summed E-state index contributed by atoms with van der Waals surface area (Å²) in [6, 6.07) is 13.6. The van der Waals surface area contributed by atoms with Gasteiger partial charge in [-0.25, -0.2) is 0 Å². The van der Waals surface area contributed by atoms with E-state index in [1.165, 1.54) is 0 Å². The van der Waals surface area contributed by atoms with Gasteiger partial charge in [-0.15, -0.1) is 24.0 Å². The molecule has 0 radical (unpaired) electrons. The number of ether oxygens (including phenoxy) is 2. The van der Waals surface area contributed by atoms with Gasteiger partial charge in [0.05, 0.1) is 6.61 Å². The van der Waals surface area contributed by atoms with Crippen molar-refractivity contribution in [3.8, 4) is 5.75 Å². The molecule has 0 fully saturated rings. The first-order valence-electron chi connectivity index (χ1n) is 10.0. The summed E-state index contributed by atoms with van der Waals surface area (Å²) < 4.78 is 10.9. The highest BCUT2D eigenvalue weighted by molar-refractivity contribution is 14.0. The third kappa shape index (κ3) is 9.56. The molecule has 0 aliphatic heterocycles. The number of rotatable bonds is 10. The maximum atomic E-state index is 12.2. The number of guanidine groups is 1. The Balaban J connectivity index is 0.00000480. The second kappa shape index (κ2) is 14.6. The second-order valence-corrected chi connectivity index (χ2v) is 6.93. The minimum absolute atomic E-state index is 0. The van der Waals surface area contributed by atoms with E-state index in [0.29, 0.717) is 44.4 Å². The molecule has 0 saturated carbocycles. The van der Waals surface area contributed by atoms with Gasteiger partial charge in [0, 0.05) is 44.9 Å². The Bertz CT molecular complexity index is 858. The summed E-state index contributed by atoms with van der Waals surface area (Å²) >= 11 is 0. The fourth-order valence-electron chi connectivity index (χ4n) is 2.82. The minimum Gasteiger partial charge on any atom is -0.491 e. The topological polar surface area (TPSA) is 84.0 Å². The van der Waals surface area contributed by atoms with Crippen LogP contribution in [0.5, 0.6) is 5.75 Å². The molecule has 2 aromatic rings. The van der Waals surface area contributed by atoms with Crippen LogP contribution in [0.1, 0.15) is 27.0 Å². The van der Waals surface area contributed by atoms with Crippen LogP contribution in [0.2, 0.25) is 0 Å². The van der Waals surface area contributed by atoms with Crippen LogP contribution < -0.4 is 20.7 Å². The Morgan fingerprint density at radius 3 is 2.42 bits per heavy atom. The first-order valence-corrected chi connectivity index (χ1v) is 10.0. The van der Waals surface area contributed by atoms with Gasteiger partial charge in [0.2, 0.25) is 0 Å². The fraction of sp³-hybridized carbons (Fsp3) is 0.391. The van der Waals surface area contributed by atoms with Crippen LogP contribution in [0.15, 0.2) is 47.5 Å². The highest BCUT2D eigenvalue weighted by atomic mass is 127. The monoisotopic (exact) mass is 540 g/mol. The standard InChI is InChI=1S/C23H32N4O3.HI/c1-17-6-5-7-19(14-17)22(28)25-10-11-26-23(24-3)27-16-20-9-8-18(2)15-21(20)30-13-12-29-4;/h5-9,14-15H,10-13,16H2,1-4H3,(H,25,28)(H2,24,26,27);1H. The summed E-state index contributed by atoms with van der Waals surface area (Å²) in [4.78, 5) is 16.4. The molecule has 0 aliphatic rings. The van der Waals surface area contributed by atoms with E-state index in [4.69, 9.17) is 9.47 Å². The van der Waals surface area contributed by atoms with Gasteiger partial charge in [0.25, 0.3) is 5.91 Å². The quantitative estimate of drug-likeness (QED) is 0.187. The highest BCUT2D eigenvalue weighted by Crippen LogP contribution is 2.20. The highest BCUT2D eigenvalue weighted by Gasteiger charge is 2.07. The Labute approximate surface area is 202 Å². The first-order chi connectivity index (χ1) is 14.5. The largest absolute Gasteiger partial charge is 0.491 e. The molecule has 0 atom stereocenters. The van der Waals surface area contributed by atoms with Crippen molar-refractivity contribution < 1.29 is 14.3 Å². The molecule has 0 aliphatic carbocycles. The normalized spacial score (nSPS) is 10.8. The molecule has 0 heterocycles. The number of amides is 1. The molecular formula is C23H33IN4O3. The van der Waals surface area contributed by atoms with Crippen LogP contribution in [0.25, 0.3) is 0 Å². The predicted molar refractivity (Wildman–Crippen MR) is 136 cm³/mol. The molecule has 0 aromatic heterocycles. The number of aliphatic imine (C=N–C) groups is 1. The van der Waals surface area contributed by atoms with E-state index in [1.54, 1.807) is 14.2 Å². The molecule has 7 nitrogen and oxygen atoms in total. The third-order valence-corrected chi connectivity index (χ3v) is 4.42. The van der Waals surface area contributed by atoms with E-state index in [2.05, 4.69) is 27.0 Å². The van der Waals surface area contributed by atoms with Crippen LogP contribution in [0.4, 0.5) is 0 Å². The van der Waals surface area contributed by atoms with Gasteiger partial charge in [-0.2, -0.15) is 0 Å². The molecule has 170 valence electrons. The molecule has 3 N–H and O–H groups in total. The Hall–Kier alpha value is -2.33. The smallest absolute Gasteiger partial charge is 0.251 e. The van der Waals surface area contributed by atoms with Crippen molar-refractivity contribution in [2.45, 2.75) is 20.4 Å².